The summed E-state index contributed by atoms with van der Waals surface area (Å²) in [7, 11) is 0. The van der Waals surface area contributed by atoms with Gasteiger partial charge >= 0.3 is 0 Å². The van der Waals surface area contributed by atoms with Crippen LogP contribution in [0.15, 0.2) is 119 Å². The highest BCUT2D eigenvalue weighted by Crippen LogP contribution is 2.14. The van der Waals surface area contributed by atoms with Gasteiger partial charge in [-0.1, -0.05) is 84.9 Å². The minimum absolute atomic E-state index is 0.0760. The second-order valence-electron chi connectivity index (χ2n) is 8.92. The Balaban J connectivity index is 1.59. The summed E-state index contributed by atoms with van der Waals surface area (Å²) in [6.45, 7) is 0. The Bertz CT molecular complexity index is 1510. The molecule has 0 bridgehead atoms. The molecule has 12 nitrogen and oxygen atoms in total. The summed E-state index contributed by atoms with van der Waals surface area (Å²) in [5, 5.41) is 30.5. The lowest BCUT2D eigenvalue weighted by molar-refractivity contribution is -0.385. The molecular formula is C30H24N6O6. The van der Waals surface area contributed by atoms with Crippen LogP contribution in [0.4, 0.5) is 11.4 Å². The molecule has 2 N–H and O–H groups in total. The van der Waals surface area contributed by atoms with Gasteiger partial charge in [0.2, 0.25) is 11.8 Å². The van der Waals surface area contributed by atoms with Crippen LogP contribution < -0.4 is 10.9 Å². The highest BCUT2D eigenvalue weighted by Gasteiger charge is 2.17. The molecule has 42 heavy (non-hydrogen) atoms. The lowest BCUT2D eigenvalue weighted by atomic mass is 10.00. The van der Waals surface area contributed by atoms with Crippen LogP contribution in [-0.2, 0) is 22.4 Å². The SMILES string of the molecule is O=C(Cc1ccc([N+](=O)[O-])cc1)N/N=C(/C(=N/NC(=O)Cc1ccc([N+](=O)[O-])cc1)c1ccccc1)c1ccccc1. The Morgan fingerprint density at radius 2 is 0.881 bits per heavy atom. The first-order chi connectivity index (χ1) is 20.3. The molecular weight excluding hydrogens is 540 g/mol. The minimum atomic E-state index is -0.518. The number of nitrogens with one attached hydrogen (secondary N) is 2. The summed E-state index contributed by atoms with van der Waals surface area (Å²) in [5.41, 5.74) is 7.78. The number of hydrazone groups is 2. The van der Waals surface area contributed by atoms with Crippen LogP contribution in [0.25, 0.3) is 0 Å². The number of nitro benzene ring substituents is 2. The van der Waals surface area contributed by atoms with E-state index >= 15 is 0 Å². The summed E-state index contributed by atoms with van der Waals surface area (Å²) in [6, 6.07) is 29.2. The van der Waals surface area contributed by atoms with Gasteiger partial charge in [-0.3, -0.25) is 29.8 Å². The molecule has 0 radical (unpaired) electrons. The third kappa shape index (κ3) is 7.99. The number of hydrogen-bond acceptors (Lipinski definition) is 8. The summed E-state index contributed by atoms with van der Waals surface area (Å²) < 4.78 is 0. The molecule has 4 aromatic carbocycles. The number of non-ortho nitro benzene ring substituents is 2. The molecule has 0 saturated carbocycles. The van der Waals surface area contributed by atoms with E-state index in [0.717, 1.165) is 0 Å². The normalized spacial score (nSPS) is 11.4. The van der Waals surface area contributed by atoms with Gasteiger partial charge in [0, 0.05) is 35.4 Å². The number of nitrogens with zero attached hydrogens (tertiary/aromatic N) is 4. The molecule has 0 aliphatic rings. The third-order valence-electron chi connectivity index (χ3n) is 5.93. The second kappa shape index (κ2) is 13.8. The maximum Gasteiger partial charge on any atom is 0.269 e. The predicted octanol–water partition coefficient (Wildman–Crippen LogP) is 4.33. The first-order valence-electron chi connectivity index (χ1n) is 12.6. The molecule has 0 fully saturated rings. The van der Waals surface area contributed by atoms with Gasteiger partial charge in [-0.2, -0.15) is 10.2 Å². The highest BCUT2D eigenvalue weighted by molar-refractivity contribution is 6.53. The summed E-state index contributed by atoms with van der Waals surface area (Å²) in [5.74, 6) is -0.932. The van der Waals surface area contributed by atoms with Gasteiger partial charge in [0.15, 0.2) is 0 Å². The van der Waals surface area contributed by atoms with Crippen molar-refractivity contribution in [3.63, 3.8) is 0 Å². The van der Waals surface area contributed by atoms with E-state index in [9.17, 15) is 29.8 Å². The van der Waals surface area contributed by atoms with E-state index < -0.39 is 21.7 Å². The lowest BCUT2D eigenvalue weighted by Crippen LogP contribution is -2.29. The van der Waals surface area contributed by atoms with Gasteiger partial charge in [-0.25, -0.2) is 10.9 Å². The summed E-state index contributed by atoms with van der Waals surface area (Å²) >= 11 is 0. The maximum atomic E-state index is 12.8. The Kier molecular flexibility index (Phi) is 9.55. The van der Waals surface area contributed by atoms with Crippen LogP contribution in [0.3, 0.4) is 0 Å². The van der Waals surface area contributed by atoms with Crippen molar-refractivity contribution in [1.82, 2.24) is 10.9 Å². The molecule has 2 amide bonds. The van der Waals surface area contributed by atoms with Crippen molar-refractivity contribution < 1.29 is 19.4 Å². The van der Waals surface area contributed by atoms with Crippen molar-refractivity contribution in [3.8, 4) is 0 Å². The van der Waals surface area contributed by atoms with E-state index in [1.165, 1.54) is 48.5 Å². The molecule has 0 heterocycles. The van der Waals surface area contributed by atoms with Gasteiger partial charge in [0.05, 0.1) is 22.7 Å². The molecule has 0 aliphatic heterocycles. The number of carbonyl (C=O) groups is 2. The molecule has 0 atom stereocenters. The summed E-state index contributed by atoms with van der Waals surface area (Å²) in [6.07, 6.45) is -0.152. The Labute approximate surface area is 239 Å². The number of benzene rings is 4. The lowest BCUT2D eigenvalue weighted by Gasteiger charge is -2.12. The Morgan fingerprint density at radius 1 is 0.548 bits per heavy atom. The average Bonchev–Trinajstić information content (AvgIpc) is 3.00. The topological polar surface area (TPSA) is 169 Å². The van der Waals surface area contributed by atoms with E-state index in [-0.39, 0.29) is 35.6 Å². The largest absolute Gasteiger partial charge is 0.273 e. The first-order valence-corrected chi connectivity index (χ1v) is 12.6. The van der Waals surface area contributed by atoms with E-state index in [4.69, 9.17) is 0 Å². The van der Waals surface area contributed by atoms with Crippen LogP contribution in [0.5, 0.6) is 0 Å². The molecule has 210 valence electrons. The van der Waals surface area contributed by atoms with Crippen molar-refractivity contribution in [2.75, 3.05) is 0 Å². The van der Waals surface area contributed by atoms with Crippen molar-refractivity contribution >= 4 is 34.6 Å². The van der Waals surface area contributed by atoms with Crippen LogP contribution in [0, 0.1) is 20.2 Å². The van der Waals surface area contributed by atoms with E-state index in [2.05, 4.69) is 21.1 Å². The van der Waals surface area contributed by atoms with E-state index in [0.29, 0.717) is 22.3 Å². The average molecular weight is 565 g/mol. The standard InChI is InChI=1S/C30H24N6O6/c37-27(19-21-11-15-25(16-12-21)35(39)40)31-33-29(23-7-3-1-4-8-23)30(24-9-5-2-6-10-24)34-32-28(38)20-22-13-17-26(18-14-22)36(41)42/h1-18H,19-20H2,(H,31,37)(H,32,38)/b33-29+,34-30+. The number of hydrogen-bond donors (Lipinski definition) is 2. The Morgan fingerprint density at radius 3 is 1.19 bits per heavy atom. The van der Waals surface area contributed by atoms with Crippen molar-refractivity contribution in [1.29, 1.82) is 0 Å². The molecule has 4 rings (SSSR count). The van der Waals surface area contributed by atoms with Crippen molar-refractivity contribution in [3.05, 3.63) is 152 Å². The molecule has 0 saturated heterocycles. The van der Waals surface area contributed by atoms with Crippen LogP contribution in [0.1, 0.15) is 22.3 Å². The third-order valence-corrected chi connectivity index (χ3v) is 5.93. The molecule has 0 aliphatic carbocycles. The number of nitro groups is 2. The molecule has 4 aromatic rings. The van der Waals surface area contributed by atoms with Crippen LogP contribution in [-0.4, -0.2) is 33.1 Å². The first kappa shape index (κ1) is 29.0. The second-order valence-corrected chi connectivity index (χ2v) is 8.92. The zero-order valence-corrected chi connectivity index (χ0v) is 22.0. The monoisotopic (exact) mass is 564 g/mol. The fraction of sp³-hybridized carbons (Fsp3) is 0.0667. The van der Waals surface area contributed by atoms with Gasteiger partial charge in [0.1, 0.15) is 11.4 Å². The molecule has 0 spiro atoms. The van der Waals surface area contributed by atoms with Crippen LogP contribution in [0.2, 0.25) is 0 Å². The maximum absolute atomic E-state index is 12.8. The highest BCUT2D eigenvalue weighted by atomic mass is 16.6. The molecule has 12 heteroatoms. The number of carbonyl (C=O) groups excluding carboxylic acids is 2. The predicted molar refractivity (Wildman–Crippen MR) is 156 cm³/mol. The fourth-order valence-corrected chi connectivity index (χ4v) is 3.86. The Hall–Kier alpha value is -6.04. The fourth-order valence-electron chi connectivity index (χ4n) is 3.86. The zero-order valence-electron chi connectivity index (χ0n) is 22.0. The summed E-state index contributed by atoms with van der Waals surface area (Å²) in [4.78, 5) is 46.3. The molecule has 0 unspecified atom stereocenters. The van der Waals surface area contributed by atoms with E-state index in [1.54, 1.807) is 48.5 Å². The van der Waals surface area contributed by atoms with Crippen molar-refractivity contribution in [2.24, 2.45) is 10.2 Å². The van der Waals surface area contributed by atoms with Crippen LogP contribution >= 0.6 is 0 Å². The van der Waals surface area contributed by atoms with Gasteiger partial charge in [0.25, 0.3) is 11.4 Å². The minimum Gasteiger partial charge on any atom is -0.273 e. The van der Waals surface area contributed by atoms with E-state index in [1.807, 2.05) is 12.1 Å². The van der Waals surface area contributed by atoms with Crippen molar-refractivity contribution in [2.45, 2.75) is 12.8 Å². The van der Waals surface area contributed by atoms with Gasteiger partial charge in [-0.05, 0) is 11.1 Å². The number of rotatable bonds is 11. The zero-order chi connectivity index (χ0) is 29.9. The molecule has 0 aromatic heterocycles. The smallest absolute Gasteiger partial charge is 0.269 e. The quantitative estimate of drug-likeness (QED) is 0.156. The number of amides is 2. The van der Waals surface area contributed by atoms with Gasteiger partial charge in [-0.15, -0.1) is 0 Å². The van der Waals surface area contributed by atoms with Gasteiger partial charge < -0.3 is 0 Å².